The van der Waals surface area contributed by atoms with Crippen LogP contribution in [0.5, 0.6) is 0 Å². The van der Waals surface area contributed by atoms with Gasteiger partial charge in [0.15, 0.2) is 0 Å². The van der Waals surface area contributed by atoms with Crippen molar-refractivity contribution >= 4 is 76.8 Å². The molecule has 4 aliphatic rings. The van der Waals surface area contributed by atoms with E-state index in [4.69, 9.17) is 4.74 Å². The van der Waals surface area contributed by atoms with E-state index >= 15 is 24.0 Å². The fraction of sp³-hybridized carbons (Fsp3) is 0.829. The molecule has 13 amide bonds. The number of piperidine rings is 1. The van der Waals surface area contributed by atoms with Gasteiger partial charge in [0.1, 0.15) is 60.4 Å². The van der Waals surface area contributed by atoms with Crippen LogP contribution in [0.2, 0.25) is 0 Å². The standard InChI is InChI=1S/C76H133N13O15/c1-44(2)35-54-72(99)86(17)60(39-48(9)10)70(97)82-65(50(12)90)76(103)83(14)43-64(92)84(15)58(37-46(5)6)68(95)80-55(36-45(3)4)73(100)88(19)61(40-51-27-23-21-24-28-51)75(102)87(18)59(38-47(7)8)69(96)81-56(74(101)89-33-25-22-26-34-89)42-63(91)78-49(11)71(98)85(16)57(67(94)79-54)32-30-52-29-31-53(66(93)77-13)62(41-52)104-20/h44-62,65,90H,21-43H2,1-20H3,(H,77,93)(H,78,91)(H,79,94)(H,80,95)(H,81,96)(H,82,97)/t49-,50-,52?,53?,54+,55+,56+,57+,58+,59+,60+,61+,62?,65+/m1/s1. The first-order valence-corrected chi connectivity index (χ1v) is 38.5. The molecule has 2 saturated carbocycles. The summed E-state index contributed by atoms with van der Waals surface area (Å²) in [5.41, 5.74) is 0. The molecule has 4 rings (SSSR count). The van der Waals surface area contributed by atoms with Crippen molar-refractivity contribution in [2.45, 2.75) is 284 Å². The van der Waals surface area contributed by atoms with Gasteiger partial charge in [-0.25, -0.2) is 0 Å². The van der Waals surface area contributed by atoms with Crippen molar-refractivity contribution in [2.24, 2.45) is 47.3 Å². The van der Waals surface area contributed by atoms with Crippen LogP contribution in [0.15, 0.2) is 0 Å². The lowest BCUT2D eigenvalue weighted by Gasteiger charge is -2.39. The number of likely N-dealkylation sites (tertiary alicyclic amines) is 1. The lowest BCUT2D eigenvalue weighted by atomic mass is 9.77. The van der Waals surface area contributed by atoms with Crippen LogP contribution >= 0.6 is 0 Å². The van der Waals surface area contributed by atoms with Gasteiger partial charge in [0.2, 0.25) is 76.8 Å². The highest BCUT2D eigenvalue weighted by molar-refractivity contribution is 6.00. The zero-order chi connectivity index (χ0) is 78.3. The molecule has 7 N–H and O–H groups in total. The Morgan fingerprint density at radius 3 is 1.44 bits per heavy atom. The molecule has 4 fully saturated rings. The molecule has 28 nitrogen and oxygen atoms in total. The average molecular weight is 1470 g/mol. The third kappa shape index (κ3) is 26.2. The van der Waals surface area contributed by atoms with E-state index in [1.54, 1.807) is 11.9 Å². The second kappa shape index (κ2) is 42.4. The average Bonchev–Trinajstić information content (AvgIpc) is 0.817. The number of carbonyl (C=O) groups excluding carboxylic acids is 13. The quantitative estimate of drug-likeness (QED) is 0.0962. The number of hydrogen-bond donors (Lipinski definition) is 7. The van der Waals surface area contributed by atoms with Gasteiger partial charge in [-0.15, -0.1) is 0 Å². The van der Waals surface area contributed by atoms with Crippen molar-refractivity contribution in [3.63, 3.8) is 0 Å². The predicted molar refractivity (Wildman–Crippen MR) is 396 cm³/mol. The van der Waals surface area contributed by atoms with Gasteiger partial charge in [-0.05, 0) is 145 Å². The first-order valence-electron chi connectivity index (χ1n) is 38.5. The number of rotatable bonds is 19. The SMILES string of the molecule is CNC(=O)C1CCC(CC[C@H]2C(=O)N[C@@H](CC(C)C)C(=O)N(C)[C@@H](CC(C)C)C(=O)N[C@@H]([C@@H](C)O)C(=O)N(C)CC(=O)N(C)[C@@H](CC(C)C)C(=O)N[C@@H](CC(C)C)C(=O)N(C)[C@@H](CC3CCCCC3)C(=O)N(C)[C@@H](CC(C)C)C(=O)N[C@H](C(=O)N3CCCCC3)CC(=O)N[C@H](C)C(=O)N2C)CC1OC. The molecule has 2 aliphatic carbocycles. The number of nitrogens with zero attached hydrogens (tertiary/aromatic N) is 7. The fourth-order valence-electron chi connectivity index (χ4n) is 15.3. The summed E-state index contributed by atoms with van der Waals surface area (Å²) in [5, 5.41) is 28.2. The van der Waals surface area contributed by atoms with Crippen molar-refractivity contribution < 1.29 is 72.2 Å². The number of amides is 13. The normalized spacial score (nSPS) is 28.6. The second-order valence-electron chi connectivity index (χ2n) is 32.5. The molecular weight excluding hydrogens is 1330 g/mol. The monoisotopic (exact) mass is 1470 g/mol. The number of methoxy groups -OCH3 is 1. The zero-order valence-corrected chi connectivity index (χ0v) is 66.6. The van der Waals surface area contributed by atoms with Crippen molar-refractivity contribution in [1.29, 1.82) is 0 Å². The summed E-state index contributed by atoms with van der Waals surface area (Å²) in [5.74, 6) is -9.99. The number of nitrogens with one attached hydrogen (secondary N) is 6. The Labute approximate surface area is 620 Å². The maximum atomic E-state index is 15.6. The lowest BCUT2D eigenvalue weighted by molar-refractivity contribution is -0.151. The van der Waals surface area contributed by atoms with Crippen LogP contribution < -0.4 is 31.9 Å². The van der Waals surface area contributed by atoms with Crippen LogP contribution in [0.3, 0.4) is 0 Å². The molecule has 2 saturated heterocycles. The van der Waals surface area contributed by atoms with E-state index in [0.29, 0.717) is 51.6 Å². The Morgan fingerprint density at radius 1 is 0.500 bits per heavy atom. The summed E-state index contributed by atoms with van der Waals surface area (Å²) >= 11 is 0. The van der Waals surface area contributed by atoms with Crippen molar-refractivity contribution in [3.8, 4) is 0 Å². The highest BCUT2D eigenvalue weighted by Crippen LogP contribution is 2.35. The molecule has 592 valence electrons. The van der Waals surface area contributed by atoms with Gasteiger partial charge >= 0.3 is 0 Å². The van der Waals surface area contributed by atoms with Crippen LogP contribution in [0.25, 0.3) is 0 Å². The summed E-state index contributed by atoms with van der Waals surface area (Å²) in [4.78, 5) is 202. The van der Waals surface area contributed by atoms with Gasteiger partial charge in [-0.2, -0.15) is 0 Å². The molecule has 0 aromatic heterocycles. The number of carbonyl (C=O) groups is 13. The maximum absolute atomic E-state index is 15.6. The van der Waals surface area contributed by atoms with Crippen molar-refractivity contribution in [3.05, 3.63) is 0 Å². The molecule has 0 spiro atoms. The molecular formula is C76H133N13O15. The molecule has 2 heterocycles. The van der Waals surface area contributed by atoms with E-state index in [1.807, 2.05) is 69.2 Å². The molecule has 0 radical (unpaired) electrons. The largest absolute Gasteiger partial charge is 0.391 e. The topological polar surface area (TPSA) is 346 Å². The molecule has 3 unspecified atom stereocenters. The van der Waals surface area contributed by atoms with Gasteiger partial charge < -0.3 is 76.0 Å². The van der Waals surface area contributed by atoms with Crippen LogP contribution in [0.1, 0.15) is 212 Å². The van der Waals surface area contributed by atoms with Crippen LogP contribution in [-0.2, 0) is 67.1 Å². The van der Waals surface area contributed by atoms with Crippen molar-refractivity contribution in [2.75, 3.05) is 76.1 Å². The summed E-state index contributed by atoms with van der Waals surface area (Å²) < 4.78 is 5.82. The maximum Gasteiger partial charge on any atom is 0.248 e. The predicted octanol–water partition coefficient (Wildman–Crippen LogP) is 3.98. The van der Waals surface area contributed by atoms with Crippen molar-refractivity contribution in [1.82, 2.24) is 66.2 Å². The number of likely N-dealkylation sites (N-methyl/N-ethyl adjacent to an activating group) is 6. The second-order valence-corrected chi connectivity index (χ2v) is 32.5. The minimum Gasteiger partial charge on any atom is -0.391 e. The van der Waals surface area contributed by atoms with Gasteiger partial charge in [0, 0.05) is 69.5 Å². The Hall–Kier alpha value is -6.97. The zero-order valence-electron chi connectivity index (χ0n) is 66.6. The molecule has 0 aromatic carbocycles. The Balaban J connectivity index is 1.95. The molecule has 0 bridgehead atoms. The third-order valence-corrected chi connectivity index (χ3v) is 21.5. The fourth-order valence-corrected chi connectivity index (χ4v) is 15.3. The van der Waals surface area contributed by atoms with Gasteiger partial charge in [-0.3, -0.25) is 62.3 Å². The van der Waals surface area contributed by atoms with Gasteiger partial charge in [-0.1, -0.05) is 101 Å². The minimum absolute atomic E-state index is 0.0184. The van der Waals surface area contributed by atoms with E-state index in [9.17, 15) is 43.5 Å². The van der Waals surface area contributed by atoms with E-state index in [0.717, 1.165) is 43.4 Å². The Bertz CT molecular complexity index is 2900. The minimum atomic E-state index is -1.65. The summed E-state index contributed by atoms with van der Waals surface area (Å²) in [7, 11) is 11.6. The highest BCUT2D eigenvalue weighted by atomic mass is 16.5. The Kier molecular flexibility index (Phi) is 36.5. The number of ether oxygens (including phenoxy) is 1. The summed E-state index contributed by atoms with van der Waals surface area (Å²) in [6.45, 7) is 21.4. The smallest absolute Gasteiger partial charge is 0.248 e. The number of aliphatic hydroxyl groups excluding tert-OH is 1. The Morgan fingerprint density at radius 2 is 0.952 bits per heavy atom. The van der Waals surface area contributed by atoms with E-state index < -0.39 is 162 Å². The van der Waals surface area contributed by atoms with Crippen LogP contribution in [0.4, 0.5) is 0 Å². The molecule has 0 aromatic rings. The molecule has 14 atom stereocenters. The highest BCUT2D eigenvalue weighted by Gasteiger charge is 2.45. The summed E-state index contributed by atoms with van der Waals surface area (Å²) in [6, 6.07) is -13.1. The van der Waals surface area contributed by atoms with Crippen LogP contribution in [0, 0.1) is 47.3 Å². The van der Waals surface area contributed by atoms with E-state index in [1.165, 1.54) is 87.7 Å². The van der Waals surface area contributed by atoms with E-state index in [2.05, 4.69) is 31.9 Å². The lowest BCUT2D eigenvalue weighted by Crippen LogP contribution is -2.61. The van der Waals surface area contributed by atoms with Gasteiger partial charge in [0.05, 0.1) is 31.1 Å². The first-order chi connectivity index (χ1) is 48.7. The third-order valence-electron chi connectivity index (χ3n) is 21.5. The van der Waals surface area contributed by atoms with Crippen LogP contribution in [-0.4, -0.2) is 265 Å². The van der Waals surface area contributed by atoms with E-state index in [-0.39, 0.29) is 92.3 Å². The number of hydrogen-bond acceptors (Lipinski definition) is 15. The number of aliphatic hydroxyl groups is 1. The molecule has 104 heavy (non-hydrogen) atoms. The van der Waals surface area contributed by atoms with Gasteiger partial charge in [0.25, 0.3) is 0 Å². The summed E-state index contributed by atoms with van der Waals surface area (Å²) in [6.07, 6.45) is 6.72. The first kappa shape index (κ1) is 89.4. The molecule has 2 aliphatic heterocycles. The molecule has 28 heteroatoms.